The van der Waals surface area contributed by atoms with Gasteiger partial charge in [0.25, 0.3) is 10.2 Å². The highest BCUT2D eigenvalue weighted by Crippen LogP contribution is 2.31. The number of hydrogen-bond donors (Lipinski definition) is 0. The Bertz CT molecular complexity index is 544. The average Bonchev–Trinajstić information content (AvgIpc) is 2.38. The first-order valence-corrected chi connectivity index (χ1v) is 7.33. The van der Waals surface area contributed by atoms with Crippen LogP contribution in [0.5, 0.6) is 11.5 Å². The van der Waals surface area contributed by atoms with Crippen molar-refractivity contribution in [1.82, 2.24) is 8.61 Å². The number of benzene rings is 1. The Balaban J connectivity index is 2.03. The van der Waals surface area contributed by atoms with Gasteiger partial charge in [0.15, 0.2) is 11.5 Å². The Morgan fingerprint density at radius 1 is 1.21 bits per heavy atom. The summed E-state index contributed by atoms with van der Waals surface area (Å²) in [5.41, 5.74) is 0. The molecule has 6 nitrogen and oxygen atoms in total. The van der Waals surface area contributed by atoms with E-state index in [0.717, 1.165) is 0 Å². The number of ether oxygens (including phenoxy) is 2. The summed E-state index contributed by atoms with van der Waals surface area (Å²) in [4.78, 5) is 0. The summed E-state index contributed by atoms with van der Waals surface area (Å²) < 4.78 is 37.5. The van der Waals surface area contributed by atoms with Crippen LogP contribution in [0.25, 0.3) is 0 Å². The number of hydrogen-bond acceptors (Lipinski definition) is 4. The first kappa shape index (κ1) is 14.1. The molecule has 0 aliphatic carbocycles. The maximum absolute atomic E-state index is 11.9. The van der Waals surface area contributed by atoms with Gasteiger partial charge in [-0.05, 0) is 12.1 Å². The second kappa shape index (κ2) is 5.36. The second-order valence-electron chi connectivity index (χ2n) is 4.57. The SMILES string of the molecule is CN(C)S(=O)(=O)N(C)C[C@@H]1COc2ccccc2O1. The van der Waals surface area contributed by atoms with Gasteiger partial charge in [-0.25, -0.2) is 0 Å². The van der Waals surface area contributed by atoms with Gasteiger partial charge in [0.2, 0.25) is 0 Å². The Hall–Kier alpha value is -1.31. The molecule has 1 aromatic rings. The second-order valence-corrected chi connectivity index (χ2v) is 6.82. The molecule has 7 heteroatoms. The summed E-state index contributed by atoms with van der Waals surface area (Å²) in [5.74, 6) is 1.34. The minimum atomic E-state index is -3.42. The van der Waals surface area contributed by atoms with Gasteiger partial charge in [0, 0.05) is 21.1 Å². The topological polar surface area (TPSA) is 59.1 Å². The van der Waals surface area contributed by atoms with Crippen molar-refractivity contribution in [2.75, 3.05) is 34.3 Å². The molecule has 0 saturated heterocycles. The molecule has 0 N–H and O–H groups in total. The molecular formula is C12H18N2O4S. The largest absolute Gasteiger partial charge is 0.486 e. The normalized spacial score (nSPS) is 18.9. The molecule has 0 aromatic heterocycles. The number of para-hydroxylation sites is 2. The van der Waals surface area contributed by atoms with Gasteiger partial charge in [-0.3, -0.25) is 0 Å². The standard InChI is InChI=1S/C12H18N2O4S/c1-13(2)19(15,16)14(3)8-10-9-17-11-6-4-5-7-12(11)18-10/h4-7,10H,8-9H2,1-3H3/t10-/m1/s1. The van der Waals surface area contributed by atoms with Gasteiger partial charge in [0.1, 0.15) is 12.7 Å². The molecule has 0 unspecified atom stereocenters. The number of likely N-dealkylation sites (N-methyl/N-ethyl adjacent to an activating group) is 1. The van der Waals surface area contributed by atoms with Gasteiger partial charge in [-0.2, -0.15) is 17.0 Å². The van der Waals surface area contributed by atoms with Gasteiger partial charge in [-0.1, -0.05) is 12.1 Å². The van der Waals surface area contributed by atoms with Crippen LogP contribution in [-0.4, -0.2) is 57.4 Å². The fourth-order valence-electron chi connectivity index (χ4n) is 1.81. The highest BCUT2D eigenvalue weighted by atomic mass is 32.2. The molecular weight excluding hydrogens is 268 g/mol. The summed E-state index contributed by atoms with van der Waals surface area (Å²) in [6.07, 6.45) is -0.311. The molecule has 0 spiro atoms. The van der Waals surface area contributed by atoms with E-state index in [9.17, 15) is 8.42 Å². The highest BCUT2D eigenvalue weighted by Gasteiger charge is 2.27. The summed E-state index contributed by atoms with van der Waals surface area (Å²) in [5, 5.41) is 0. The zero-order chi connectivity index (χ0) is 14.0. The molecule has 0 bridgehead atoms. The third-order valence-corrected chi connectivity index (χ3v) is 4.74. The summed E-state index contributed by atoms with van der Waals surface area (Å²) in [6.45, 7) is 0.582. The van der Waals surface area contributed by atoms with Crippen LogP contribution in [0.4, 0.5) is 0 Å². The monoisotopic (exact) mass is 286 g/mol. The van der Waals surface area contributed by atoms with Crippen molar-refractivity contribution in [1.29, 1.82) is 0 Å². The van der Waals surface area contributed by atoms with Crippen LogP contribution in [0.3, 0.4) is 0 Å². The minimum absolute atomic E-state index is 0.245. The first-order valence-electron chi connectivity index (χ1n) is 5.93. The van der Waals surface area contributed by atoms with Crippen molar-refractivity contribution in [3.05, 3.63) is 24.3 Å². The van der Waals surface area contributed by atoms with Crippen LogP contribution < -0.4 is 9.47 Å². The molecule has 19 heavy (non-hydrogen) atoms. The maximum Gasteiger partial charge on any atom is 0.281 e. The van der Waals surface area contributed by atoms with Crippen molar-refractivity contribution in [2.45, 2.75) is 6.10 Å². The third kappa shape index (κ3) is 2.99. The predicted octanol–water partition coefficient (Wildman–Crippen LogP) is 0.565. The van der Waals surface area contributed by atoms with E-state index in [4.69, 9.17) is 9.47 Å². The molecule has 1 aromatic carbocycles. The van der Waals surface area contributed by atoms with Crippen LogP contribution in [0.2, 0.25) is 0 Å². The maximum atomic E-state index is 11.9. The van der Waals surface area contributed by atoms with Crippen LogP contribution >= 0.6 is 0 Å². The van der Waals surface area contributed by atoms with Gasteiger partial charge in [-0.15, -0.1) is 0 Å². The summed E-state index contributed by atoms with van der Waals surface area (Å²) in [6, 6.07) is 7.35. The lowest BCUT2D eigenvalue weighted by atomic mass is 10.2. The van der Waals surface area contributed by atoms with Crippen LogP contribution in [0.15, 0.2) is 24.3 Å². The molecule has 1 aliphatic heterocycles. The van der Waals surface area contributed by atoms with E-state index in [1.807, 2.05) is 24.3 Å². The summed E-state index contributed by atoms with van der Waals surface area (Å²) >= 11 is 0. The minimum Gasteiger partial charge on any atom is -0.486 e. The van der Waals surface area contributed by atoms with Crippen molar-refractivity contribution in [3.63, 3.8) is 0 Å². The van der Waals surface area contributed by atoms with E-state index in [1.54, 1.807) is 0 Å². The first-order chi connectivity index (χ1) is 8.91. The Labute approximate surface area is 113 Å². The number of fused-ring (bicyclic) bond motifs is 1. The van der Waals surface area contributed by atoms with Crippen LogP contribution in [0, 0.1) is 0 Å². The van der Waals surface area contributed by atoms with E-state index >= 15 is 0 Å². The van der Waals surface area contributed by atoms with Gasteiger partial charge in [0.05, 0.1) is 6.54 Å². The zero-order valence-corrected chi connectivity index (χ0v) is 12.1. The average molecular weight is 286 g/mol. The van der Waals surface area contributed by atoms with Crippen molar-refractivity contribution in [2.24, 2.45) is 0 Å². The van der Waals surface area contributed by atoms with E-state index in [2.05, 4.69) is 0 Å². The van der Waals surface area contributed by atoms with Crippen LogP contribution in [-0.2, 0) is 10.2 Å². The van der Waals surface area contributed by atoms with Crippen molar-refractivity contribution >= 4 is 10.2 Å². The molecule has 1 heterocycles. The molecule has 1 atom stereocenters. The lowest BCUT2D eigenvalue weighted by molar-refractivity contribution is 0.0791. The Morgan fingerprint density at radius 2 is 1.84 bits per heavy atom. The Morgan fingerprint density at radius 3 is 2.47 bits per heavy atom. The lowest BCUT2D eigenvalue weighted by Crippen LogP contribution is -2.45. The van der Waals surface area contributed by atoms with Crippen molar-refractivity contribution in [3.8, 4) is 11.5 Å². The quantitative estimate of drug-likeness (QED) is 0.812. The molecule has 0 saturated carbocycles. The number of rotatable bonds is 4. The zero-order valence-electron chi connectivity index (χ0n) is 11.2. The van der Waals surface area contributed by atoms with E-state index < -0.39 is 10.2 Å². The summed E-state index contributed by atoms with van der Waals surface area (Å²) in [7, 11) is 1.10. The molecule has 0 amide bonds. The predicted molar refractivity (Wildman–Crippen MR) is 71.6 cm³/mol. The highest BCUT2D eigenvalue weighted by molar-refractivity contribution is 7.86. The van der Waals surface area contributed by atoms with E-state index in [1.165, 1.54) is 29.8 Å². The third-order valence-electron chi connectivity index (χ3n) is 2.88. The van der Waals surface area contributed by atoms with Crippen LogP contribution in [0.1, 0.15) is 0 Å². The van der Waals surface area contributed by atoms with Gasteiger partial charge >= 0.3 is 0 Å². The molecule has 2 rings (SSSR count). The van der Waals surface area contributed by atoms with E-state index in [-0.39, 0.29) is 12.6 Å². The Kier molecular flexibility index (Phi) is 3.98. The number of nitrogens with zero attached hydrogens (tertiary/aromatic N) is 2. The fraction of sp³-hybridized carbons (Fsp3) is 0.500. The molecule has 106 valence electrons. The van der Waals surface area contributed by atoms with Gasteiger partial charge < -0.3 is 9.47 Å². The smallest absolute Gasteiger partial charge is 0.281 e. The fourth-order valence-corrected chi connectivity index (χ4v) is 2.72. The molecule has 0 fully saturated rings. The van der Waals surface area contributed by atoms with E-state index in [0.29, 0.717) is 18.1 Å². The molecule has 1 aliphatic rings. The molecule has 0 radical (unpaired) electrons. The van der Waals surface area contributed by atoms with Crippen molar-refractivity contribution < 1.29 is 17.9 Å². The lowest BCUT2D eigenvalue weighted by Gasteiger charge is -2.30.